The van der Waals surface area contributed by atoms with Gasteiger partial charge in [0.1, 0.15) is 0 Å². The minimum Gasteiger partial charge on any atom is -0.339 e. The van der Waals surface area contributed by atoms with E-state index < -0.39 is 0 Å². The Balaban J connectivity index is 1.90. The molecule has 0 aromatic rings. The minimum atomic E-state index is 0.348. The maximum atomic E-state index is 12.6. The van der Waals surface area contributed by atoms with Crippen LogP contribution in [0.1, 0.15) is 46.0 Å². The largest absolute Gasteiger partial charge is 0.339 e. The molecular formula is C15H29N3O. The van der Waals surface area contributed by atoms with Crippen LogP contribution in [0.4, 0.5) is 0 Å². The second-order valence-electron chi connectivity index (χ2n) is 5.85. The molecule has 0 saturated carbocycles. The fourth-order valence-corrected chi connectivity index (χ4v) is 3.47. The van der Waals surface area contributed by atoms with Gasteiger partial charge in [0.25, 0.3) is 0 Å². The molecular weight excluding hydrogens is 238 g/mol. The van der Waals surface area contributed by atoms with Crippen LogP contribution >= 0.6 is 0 Å². The Morgan fingerprint density at radius 1 is 1.32 bits per heavy atom. The van der Waals surface area contributed by atoms with Crippen molar-refractivity contribution in [1.82, 2.24) is 15.1 Å². The van der Waals surface area contributed by atoms with E-state index in [1.807, 2.05) is 0 Å². The molecule has 110 valence electrons. The van der Waals surface area contributed by atoms with Crippen LogP contribution in [0.15, 0.2) is 0 Å². The summed E-state index contributed by atoms with van der Waals surface area (Å²) >= 11 is 0. The highest BCUT2D eigenvalue weighted by atomic mass is 16.2. The summed E-state index contributed by atoms with van der Waals surface area (Å²) in [6.07, 6.45) is 5.94. The van der Waals surface area contributed by atoms with Gasteiger partial charge in [0, 0.05) is 25.2 Å². The smallest absolute Gasteiger partial charge is 0.237 e. The Bertz CT molecular complexity index is 289. The summed E-state index contributed by atoms with van der Waals surface area (Å²) in [5, 5.41) is 3.39. The van der Waals surface area contributed by atoms with E-state index in [2.05, 4.69) is 29.0 Å². The van der Waals surface area contributed by atoms with Crippen molar-refractivity contribution in [3.05, 3.63) is 0 Å². The molecule has 2 atom stereocenters. The summed E-state index contributed by atoms with van der Waals surface area (Å²) in [7, 11) is 0. The average Bonchev–Trinajstić information content (AvgIpc) is 2.98. The van der Waals surface area contributed by atoms with Gasteiger partial charge in [-0.1, -0.05) is 13.8 Å². The first-order chi connectivity index (χ1) is 9.26. The quantitative estimate of drug-likeness (QED) is 0.819. The minimum absolute atomic E-state index is 0.348. The molecule has 0 aliphatic carbocycles. The Kier molecular flexibility index (Phi) is 5.64. The molecule has 1 N–H and O–H groups in total. The topological polar surface area (TPSA) is 35.6 Å². The highest BCUT2D eigenvalue weighted by Crippen LogP contribution is 2.20. The normalized spacial score (nSPS) is 28.1. The lowest BCUT2D eigenvalue weighted by Crippen LogP contribution is -2.50. The van der Waals surface area contributed by atoms with Crippen LogP contribution in [-0.2, 0) is 4.79 Å². The summed E-state index contributed by atoms with van der Waals surface area (Å²) < 4.78 is 0. The Morgan fingerprint density at radius 2 is 2.16 bits per heavy atom. The van der Waals surface area contributed by atoms with Gasteiger partial charge < -0.3 is 10.2 Å². The Hall–Kier alpha value is -0.610. The molecule has 2 aliphatic heterocycles. The van der Waals surface area contributed by atoms with Crippen molar-refractivity contribution >= 4 is 5.91 Å². The molecule has 19 heavy (non-hydrogen) atoms. The van der Waals surface area contributed by atoms with Crippen LogP contribution in [0.3, 0.4) is 0 Å². The molecule has 0 radical (unpaired) electrons. The monoisotopic (exact) mass is 267 g/mol. The van der Waals surface area contributed by atoms with Gasteiger partial charge in [0.15, 0.2) is 0 Å². The van der Waals surface area contributed by atoms with Gasteiger partial charge in [-0.05, 0) is 45.2 Å². The number of carbonyl (C=O) groups excluding carboxylic acids is 1. The van der Waals surface area contributed by atoms with Crippen molar-refractivity contribution in [2.75, 3.05) is 32.7 Å². The van der Waals surface area contributed by atoms with Crippen molar-refractivity contribution in [3.63, 3.8) is 0 Å². The van der Waals surface area contributed by atoms with E-state index in [1.165, 1.54) is 25.7 Å². The lowest BCUT2D eigenvalue weighted by atomic mass is 10.00. The molecule has 0 bridgehead atoms. The van der Waals surface area contributed by atoms with E-state index in [9.17, 15) is 4.79 Å². The van der Waals surface area contributed by atoms with E-state index in [1.54, 1.807) is 0 Å². The highest BCUT2D eigenvalue weighted by molar-refractivity contribution is 5.78. The first-order valence-corrected chi connectivity index (χ1v) is 8.00. The number of likely N-dealkylation sites (tertiary alicyclic amines) is 1. The summed E-state index contributed by atoms with van der Waals surface area (Å²) in [4.78, 5) is 17.1. The number of likely N-dealkylation sites (N-methyl/N-ethyl adjacent to an activating group) is 1. The molecule has 0 spiro atoms. The molecule has 4 heteroatoms. The van der Waals surface area contributed by atoms with Gasteiger partial charge in [-0.15, -0.1) is 0 Å². The van der Waals surface area contributed by atoms with Crippen LogP contribution in [-0.4, -0.2) is 60.5 Å². The fourth-order valence-electron chi connectivity index (χ4n) is 3.47. The van der Waals surface area contributed by atoms with E-state index in [-0.39, 0.29) is 0 Å². The molecule has 2 heterocycles. The van der Waals surface area contributed by atoms with Crippen LogP contribution < -0.4 is 5.32 Å². The van der Waals surface area contributed by atoms with Crippen LogP contribution in [0.2, 0.25) is 0 Å². The van der Waals surface area contributed by atoms with Crippen molar-refractivity contribution in [2.45, 2.75) is 58.0 Å². The maximum Gasteiger partial charge on any atom is 0.237 e. The average molecular weight is 267 g/mol. The Morgan fingerprint density at radius 3 is 2.79 bits per heavy atom. The number of carbonyl (C=O) groups is 1. The zero-order valence-corrected chi connectivity index (χ0v) is 12.5. The molecule has 2 aliphatic rings. The maximum absolute atomic E-state index is 12.6. The highest BCUT2D eigenvalue weighted by Gasteiger charge is 2.29. The summed E-state index contributed by atoms with van der Waals surface area (Å²) in [6, 6.07) is 1.04. The third-order valence-electron chi connectivity index (χ3n) is 4.71. The second-order valence-corrected chi connectivity index (χ2v) is 5.85. The number of amides is 1. The molecule has 1 amide bonds. The number of hydrogen-bond acceptors (Lipinski definition) is 3. The van der Waals surface area contributed by atoms with Gasteiger partial charge in [-0.2, -0.15) is 0 Å². The number of rotatable bonds is 5. The molecule has 2 saturated heterocycles. The van der Waals surface area contributed by atoms with Gasteiger partial charge in [-0.25, -0.2) is 0 Å². The van der Waals surface area contributed by atoms with Crippen molar-refractivity contribution in [1.29, 1.82) is 0 Å². The van der Waals surface area contributed by atoms with Gasteiger partial charge in [0.2, 0.25) is 5.91 Å². The fraction of sp³-hybridized carbons (Fsp3) is 0.933. The van der Waals surface area contributed by atoms with Gasteiger partial charge >= 0.3 is 0 Å². The summed E-state index contributed by atoms with van der Waals surface area (Å²) in [5.74, 6) is 0.348. The molecule has 2 rings (SSSR count). The SMILES string of the molecule is CCC1CCCCN1C(=O)CN(CC)C1CCNC1. The molecule has 2 fully saturated rings. The van der Waals surface area contributed by atoms with Crippen LogP contribution in [0.25, 0.3) is 0 Å². The van der Waals surface area contributed by atoms with Gasteiger partial charge in [-0.3, -0.25) is 9.69 Å². The van der Waals surface area contributed by atoms with Crippen LogP contribution in [0, 0.1) is 0 Å². The lowest BCUT2D eigenvalue weighted by Gasteiger charge is -2.37. The third-order valence-corrected chi connectivity index (χ3v) is 4.71. The predicted octanol–water partition coefficient (Wildman–Crippen LogP) is 1.46. The molecule has 0 aromatic heterocycles. The zero-order valence-electron chi connectivity index (χ0n) is 12.5. The van der Waals surface area contributed by atoms with Crippen molar-refractivity contribution < 1.29 is 4.79 Å². The molecule has 0 aromatic carbocycles. The number of hydrogen-bond donors (Lipinski definition) is 1. The predicted molar refractivity (Wildman–Crippen MR) is 78.2 cm³/mol. The summed E-state index contributed by atoms with van der Waals surface area (Å²) in [5.41, 5.74) is 0. The summed E-state index contributed by atoms with van der Waals surface area (Å²) in [6.45, 7) is 9.06. The number of nitrogens with one attached hydrogen (secondary N) is 1. The number of piperidine rings is 1. The van der Waals surface area contributed by atoms with E-state index in [0.29, 0.717) is 24.5 Å². The van der Waals surface area contributed by atoms with Crippen molar-refractivity contribution in [3.8, 4) is 0 Å². The van der Waals surface area contributed by atoms with Gasteiger partial charge in [0.05, 0.1) is 6.54 Å². The molecule has 2 unspecified atom stereocenters. The van der Waals surface area contributed by atoms with E-state index in [4.69, 9.17) is 0 Å². The third kappa shape index (κ3) is 3.69. The first-order valence-electron chi connectivity index (χ1n) is 8.00. The lowest BCUT2D eigenvalue weighted by molar-refractivity contribution is -0.136. The Labute approximate surface area is 117 Å². The standard InChI is InChI=1S/C15H29N3O/c1-3-13-7-5-6-10-18(13)15(19)12-17(4-2)14-8-9-16-11-14/h13-14,16H,3-12H2,1-2H3. The van der Waals surface area contributed by atoms with Crippen LogP contribution in [0.5, 0.6) is 0 Å². The molecule has 4 nitrogen and oxygen atoms in total. The van der Waals surface area contributed by atoms with Crippen molar-refractivity contribution in [2.24, 2.45) is 0 Å². The number of nitrogens with zero attached hydrogens (tertiary/aromatic N) is 2. The first kappa shape index (κ1) is 14.8. The second kappa shape index (κ2) is 7.25. The zero-order chi connectivity index (χ0) is 13.7. The van der Waals surface area contributed by atoms with E-state index in [0.717, 1.165) is 32.6 Å². The van der Waals surface area contributed by atoms with E-state index >= 15 is 0 Å².